The standard InChI is InChI=1S/C26H21BrN2O3/c27-23-15-18(16-28-29-26(31)25(30)20-8-2-1-3-9-20)13-14-24(23)32-17-21-11-6-10-19-7-4-5-12-22(19)21/h1-16,25,30H,17H2,(H,29,31)/b28-16-/t25-/m0/s1. The minimum Gasteiger partial charge on any atom is -0.488 e. The fraction of sp³-hybridized carbons (Fsp3) is 0.0769. The average molecular weight is 489 g/mol. The largest absolute Gasteiger partial charge is 0.488 e. The molecular weight excluding hydrogens is 468 g/mol. The summed E-state index contributed by atoms with van der Waals surface area (Å²) in [6.07, 6.45) is 0.236. The maximum absolute atomic E-state index is 12.1. The predicted octanol–water partition coefficient (Wildman–Crippen LogP) is 5.37. The number of rotatable bonds is 7. The van der Waals surface area contributed by atoms with Gasteiger partial charge in [-0.2, -0.15) is 5.10 Å². The second kappa shape index (κ2) is 10.2. The molecule has 0 saturated carbocycles. The molecule has 0 bridgehead atoms. The molecule has 0 aliphatic carbocycles. The van der Waals surface area contributed by atoms with E-state index in [-0.39, 0.29) is 0 Å². The van der Waals surface area contributed by atoms with Crippen molar-refractivity contribution in [2.24, 2.45) is 5.10 Å². The zero-order valence-corrected chi connectivity index (χ0v) is 18.7. The molecule has 4 rings (SSSR count). The molecule has 1 atom stereocenters. The highest BCUT2D eigenvalue weighted by atomic mass is 79.9. The number of hydrazone groups is 1. The summed E-state index contributed by atoms with van der Waals surface area (Å²) in [6, 6.07) is 28.6. The van der Waals surface area contributed by atoms with Crippen molar-refractivity contribution in [3.63, 3.8) is 0 Å². The molecule has 4 aromatic carbocycles. The van der Waals surface area contributed by atoms with Crippen LogP contribution in [-0.4, -0.2) is 17.2 Å². The maximum Gasteiger partial charge on any atom is 0.273 e. The SMILES string of the molecule is O=C(N/N=C\c1ccc(OCc2cccc3ccccc23)c(Br)c1)[C@@H](O)c1ccccc1. The summed E-state index contributed by atoms with van der Waals surface area (Å²) in [6.45, 7) is 0.445. The van der Waals surface area contributed by atoms with Crippen LogP contribution in [0, 0.1) is 0 Å². The van der Waals surface area contributed by atoms with Gasteiger partial charge in [-0.3, -0.25) is 4.79 Å². The monoisotopic (exact) mass is 488 g/mol. The van der Waals surface area contributed by atoms with Crippen LogP contribution in [0.5, 0.6) is 5.75 Å². The van der Waals surface area contributed by atoms with E-state index in [1.807, 2.05) is 42.5 Å². The number of amides is 1. The fourth-order valence-electron chi connectivity index (χ4n) is 3.31. The van der Waals surface area contributed by atoms with Crippen LogP contribution >= 0.6 is 15.9 Å². The van der Waals surface area contributed by atoms with Gasteiger partial charge < -0.3 is 9.84 Å². The number of halogens is 1. The average Bonchev–Trinajstić information content (AvgIpc) is 2.83. The quantitative estimate of drug-likeness (QED) is 0.271. The van der Waals surface area contributed by atoms with Crippen molar-refractivity contribution < 1.29 is 14.6 Å². The number of nitrogens with zero attached hydrogens (tertiary/aromatic N) is 1. The van der Waals surface area contributed by atoms with Crippen molar-refractivity contribution in [1.82, 2.24) is 5.43 Å². The van der Waals surface area contributed by atoms with Crippen LogP contribution in [0.1, 0.15) is 22.8 Å². The topological polar surface area (TPSA) is 70.9 Å². The number of hydrogen-bond donors (Lipinski definition) is 2. The minimum atomic E-state index is -1.27. The van der Waals surface area contributed by atoms with Gasteiger partial charge in [-0.1, -0.05) is 72.8 Å². The van der Waals surface area contributed by atoms with E-state index in [1.165, 1.54) is 17.0 Å². The van der Waals surface area contributed by atoms with Gasteiger partial charge in [0.2, 0.25) is 0 Å². The molecule has 0 aliphatic heterocycles. The number of aliphatic hydroxyl groups excluding tert-OH is 1. The van der Waals surface area contributed by atoms with Gasteiger partial charge in [-0.05, 0) is 61.6 Å². The Balaban J connectivity index is 1.37. The van der Waals surface area contributed by atoms with Crippen LogP contribution in [0.2, 0.25) is 0 Å². The highest BCUT2D eigenvalue weighted by Crippen LogP contribution is 2.27. The summed E-state index contributed by atoms with van der Waals surface area (Å²) >= 11 is 3.53. The van der Waals surface area contributed by atoms with E-state index in [0.717, 1.165) is 15.6 Å². The second-order valence-electron chi connectivity index (χ2n) is 7.16. The van der Waals surface area contributed by atoms with Gasteiger partial charge in [-0.25, -0.2) is 5.43 Å². The van der Waals surface area contributed by atoms with Gasteiger partial charge in [0, 0.05) is 0 Å². The van der Waals surface area contributed by atoms with Crippen molar-refractivity contribution in [2.75, 3.05) is 0 Å². The zero-order chi connectivity index (χ0) is 22.3. The third kappa shape index (κ3) is 5.22. The van der Waals surface area contributed by atoms with Gasteiger partial charge >= 0.3 is 0 Å². The Kier molecular flexibility index (Phi) is 6.94. The molecule has 0 fully saturated rings. The first-order chi connectivity index (χ1) is 15.6. The lowest BCUT2D eigenvalue weighted by molar-refractivity contribution is -0.129. The molecule has 32 heavy (non-hydrogen) atoms. The molecule has 6 heteroatoms. The van der Waals surface area contributed by atoms with E-state index in [0.29, 0.717) is 17.9 Å². The lowest BCUT2D eigenvalue weighted by atomic mass is 10.1. The Bertz CT molecular complexity index is 1250. The summed E-state index contributed by atoms with van der Waals surface area (Å²) in [5.74, 6) is 0.111. The molecule has 0 aliphatic rings. The first kappa shape index (κ1) is 21.7. The van der Waals surface area contributed by atoms with Crippen molar-refractivity contribution in [3.8, 4) is 5.75 Å². The van der Waals surface area contributed by atoms with Gasteiger partial charge in [0.05, 0.1) is 10.7 Å². The van der Waals surface area contributed by atoms with Crippen molar-refractivity contribution in [3.05, 3.63) is 112 Å². The van der Waals surface area contributed by atoms with E-state index in [4.69, 9.17) is 4.74 Å². The van der Waals surface area contributed by atoms with Crippen LogP contribution in [0.4, 0.5) is 0 Å². The van der Waals surface area contributed by atoms with Crippen LogP contribution in [0.3, 0.4) is 0 Å². The number of fused-ring (bicyclic) bond motifs is 1. The highest BCUT2D eigenvalue weighted by molar-refractivity contribution is 9.10. The summed E-state index contributed by atoms with van der Waals surface area (Å²) in [4.78, 5) is 12.1. The third-order valence-corrected chi connectivity index (χ3v) is 5.59. The first-order valence-electron chi connectivity index (χ1n) is 10.1. The molecule has 5 nitrogen and oxygen atoms in total. The summed E-state index contributed by atoms with van der Waals surface area (Å²) in [5, 5.41) is 16.4. The molecular formula is C26H21BrN2O3. The number of benzene rings is 4. The summed E-state index contributed by atoms with van der Waals surface area (Å²) < 4.78 is 6.79. The van der Waals surface area contributed by atoms with E-state index in [2.05, 4.69) is 50.7 Å². The molecule has 0 radical (unpaired) electrons. The lowest BCUT2D eigenvalue weighted by Gasteiger charge is -2.11. The van der Waals surface area contributed by atoms with Gasteiger partial charge in [-0.15, -0.1) is 0 Å². The van der Waals surface area contributed by atoms with Crippen LogP contribution < -0.4 is 10.2 Å². The lowest BCUT2D eigenvalue weighted by Crippen LogP contribution is -2.25. The summed E-state index contributed by atoms with van der Waals surface area (Å²) in [5.41, 5.74) is 4.75. The van der Waals surface area contributed by atoms with Gasteiger partial charge in [0.25, 0.3) is 5.91 Å². The molecule has 0 saturated heterocycles. The van der Waals surface area contributed by atoms with Gasteiger partial charge in [0.1, 0.15) is 12.4 Å². The third-order valence-electron chi connectivity index (χ3n) is 4.97. The number of ether oxygens (including phenoxy) is 1. The van der Waals surface area contributed by atoms with Crippen molar-refractivity contribution in [1.29, 1.82) is 0 Å². The second-order valence-corrected chi connectivity index (χ2v) is 8.02. The minimum absolute atomic E-state index is 0.445. The van der Waals surface area contributed by atoms with E-state index in [9.17, 15) is 9.90 Å². The van der Waals surface area contributed by atoms with Crippen molar-refractivity contribution in [2.45, 2.75) is 12.7 Å². The molecule has 4 aromatic rings. The van der Waals surface area contributed by atoms with E-state index < -0.39 is 12.0 Å². The molecule has 0 unspecified atom stereocenters. The number of hydrogen-bond acceptors (Lipinski definition) is 4. The van der Waals surface area contributed by atoms with Crippen LogP contribution in [0.25, 0.3) is 10.8 Å². The molecule has 2 N–H and O–H groups in total. The molecule has 0 aromatic heterocycles. The summed E-state index contributed by atoms with van der Waals surface area (Å²) in [7, 11) is 0. The van der Waals surface area contributed by atoms with E-state index >= 15 is 0 Å². The number of nitrogens with one attached hydrogen (secondary N) is 1. The molecule has 1 amide bonds. The molecule has 0 spiro atoms. The fourth-order valence-corrected chi connectivity index (χ4v) is 3.82. The van der Waals surface area contributed by atoms with E-state index in [1.54, 1.807) is 24.3 Å². The smallest absolute Gasteiger partial charge is 0.273 e. The number of carbonyl (C=O) groups excluding carboxylic acids is 1. The Morgan fingerprint density at radius 1 is 1.00 bits per heavy atom. The highest BCUT2D eigenvalue weighted by Gasteiger charge is 2.16. The maximum atomic E-state index is 12.1. The Morgan fingerprint density at radius 3 is 2.56 bits per heavy atom. The van der Waals surface area contributed by atoms with Gasteiger partial charge in [0.15, 0.2) is 6.10 Å². The molecule has 0 heterocycles. The van der Waals surface area contributed by atoms with Crippen LogP contribution in [0.15, 0.2) is 101 Å². The van der Waals surface area contributed by atoms with Crippen LogP contribution in [-0.2, 0) is 11.4 Å². The van der Waals surface area contributed by atoms with Crippen molar-refractivity contribution >= 4 is 38.8 Å². The normalized spacial score (nSPS) is 12.1. The Morgan fingerprint density at radius 2 is 1.75 bits per heavy atom. The predicted molar refractivity (Wildman–Crippen MR) is 130 cm³/mol. The Labute approximate surface area is 194 Å². The number of aliphatic hydroxyl groups is 1. The Hall–Kier alpha value is -3.48. The molecule has 160 valence electrons. The zero-order valence-electron chi connectivity index (χ0n) is 17.1. The first-order valence-corrected chi connectivity index (χ1v) is 10.9. The number of carbonyl (C=O) groups is 1.